The van der Waals surface area contributed by atoms with Gasteiger partial charge in [0.1, 0.15) is 14.5 Å². The smallest absolute Gasteiger partial charge is 0.193 e. The SMILES string of the molecule is [C-]#[N+]c1c(-c2cc3c4ccccc4n4c5sccc5c(c2)c34)c(C#N)c(-c2cc3c4ccccc4n4c5sccc5c(c2)c34)c([N+]#[C-])c1-c1cc2c3ccccc3n3c4sccc4c(c1)c23. The highest BCUT2D eigenvalue weighted by atomic mass is 32.1. The lowest BCUT2D eigenvalue weighted by atomic mass is 9.83. The van der Waals surface area contributed by atoms with E-state index >= 15 is 0 Å². The lowest BCUT2D eigenvalue weighted by Crippen LogP contribution is -1.96. The summed E-state index contributed by atoms with van der Waals surface area (Å²) >= 11 is 5.16. The molecule has 0 radical (unpaired) electrons. The fourth-order valence-electron chi connectivity index (χ4n) is 11.9. The number of thiophene rings is 3. The van der Waals surface area contributed by atoms with Crippen LogP contribution in [0.25, 0.3) is 155 Å². The molecular formula is C57H24N6S3. The van der Waals surface area contributed by atoms with Gasteiger partial charge < -0.3 is 0 Å². The molecule has 6 nitrogen and oxygen atoms in total. The van der Waals surface area contributed by atoms with Crippen LogP contribution in [0, 0.1) is 24.5 Å². The van der Waals surface area contributed by atoms with Crippen molar-refractivity contribution in [3.05, 3.63) is 172 Å². The third-order valence-electron chi connectivity index (χ3n) is 14.4. The quantitative estimate of drug-likeness (QED) is 0.163. The average Bonchev–Trinajstić information content (AvgIpc) is 4.23. The van der Waals surface area contributed by atoms with Gasteiger partial charge in [0.15, 0.2) is 11.4 Å². The summed E-state index contributed by atoms with van der Waals surface area (Å²) in [6.45, 7) is 18.4. The molecule has 0 fully saturated rings. The second-order valence-electron chi connectivity index (χ2n) is 17.3. The largest absolute Gasteiger partial charge is 0.300 e. The molecule has 9 heterocycles. The van der Waals surface area contributed by atoms with Crippen LogP contribution in [0.4, 0.5) is 11.4 Å². The Labute approximate surface area is 385 Å². The zero-order chi connectivity index (χ0) is 43.3. The Morgan fingerprint density at radius 2 is 0.712 bits per heavy atom. The van der Waals surface area contributed by atoms with Gasteiger partial charge in [-0.15, -0.1) is 34.0 Å². The lowest BCUT2D eigenvalue weighted by molar-refractivity contribution is 1.39. The first-order valence-electron chi connectivity index (χ1n) is 21.5. The molecule has 9 aromatic heterocycles. The van der Waals surface area contributed by atoms with Gasteiger partial charge in [-0.3, -0.25) is 13.2 Å². The van der Waals surface area contributed by atoms with Gasteiger partial charge in [0.2, 0.25) is 0 Å². The minimum absolute atomic E-state index is 0.307. The minimum Gasteiger partial charge on any atom is -0.300 e. The third-order valence-corrected chi connectivity index (χ3v) is 17.1. The molecule has 66 heavy (non-hydrogen) atoms. The van der Waals surface area contributed by atoms with Crippen LogP contribution in [-0.4, -0.2) is 13.2 Å². The predicted octanol–water partition coefficient (Wildman–Crippen LogP) is 17.3. The third kappa shape index (κ3) is 3.94. The molecule has 0 unspecified atom stereocenters. The molecule has 300 valence electrons. The van der Waals surface area contributed by atoms with Crippen LogP contribution in [0.1, 0.15) is 5.56 Å². The van der Waals surface area contributed by atoms with E-state index in [4.69, 9.17) is 0 Å². The van der Waals surface area contributed by atoms with Crippen molar-refractivity contribution in [3.8, 4) is 39.4 Å². The van der Waals surface area contributed by atoms with Gasteiger partial charge in [-0.05, 0) is 111 Å². The lowest BCUT2D eigenvalue weighted by Gasteiger charge is -2.20. The number of fused-ring (bicyclic) bond motifs is 18. The fourth-order valence-corrected chi connectivity index (χ4v) is 14.7. The summed E-state index contributed by atoms with van der Waals surface area (Å²) in [6, 6.07) is 47.9. The molecular weight excluding hydrogens is 865 g/mol. The number of nitrogens with zero attached hydrogens (tertiary/aromatic N) is 6. The Bertz CT molecular complexity index is 4460. The molecule has 0 saturated carbocycles. The zero-order valence-electron chi connectivity index (χ0n) is 34.3. The Morgan fingerprint density at radius 3 is 1.05 bits per heavy atom. The second-order valence-corrected chi connectivity index (χ2v) is 20.0. The first-order chi connectivity index (χ1) is 32.6. The van der Waals surface area contributed by atoms with Crippen molar-refractivity contribution in [1.82, 2.24) is 13.2 Å². The monoisotopic (exact) mass is 888 g/mol. The van der Waals surface area contributed by atoms with E-state index in [2.05, 4.69) is 172 Å². The van der Waals surface area contributed by atoms with E-state index in [1.165, 1.54) is 14.5 Å². The van der Waals surface area contributed by atoms with E-state index in [0.29, 0.717) is 33.6 Å². The number of aromatic nitrogens is 3. The number of hydrogen-bond donors (Lipinski definition) is 0. The van der Waals surface area contributed by atoms with Crippen molar-refractivity contribution < 1.29 is 0 Å². The first kappa shape index (κ1) is 34.9. The molecule has 0 aliphatic carbocycles. The van der Waals surface area contributed by atoms with E-state index in [0.717, 1.165) is 114 Å². The van der Waals surface area contributed by atoms with Crippen LogP contribution in [-0.2, 0) is 0 Å². The Hall–Kier alpha value is -8.49. The van der Waals surface area contributed by atoms with Crippen LogP contribution >= 0.6 is 34.0 Å². The Balaban J connectivity index is 1.12. The molecule has 16 rings (SSSR count). The van der Waals surface area contributed by atoms with Gasteiger partial charge in [-0.2, -0.15) is 5.26 Å². The Morgan fingerprint density at radius 1 is 0.394 bits per heavy atom. The maximum Gasteiger partial charge on any atom is 0.193 e. The highest BCUT2D eigenvalue weighted by Crippen LogP contribution is 2.57. The van der Waals surface area contributed by atoms with Crippen molar-refractivity contribution in [1.29, 1.82) is 5.26 Å². The molecule has 0 N–H and O–H groups in total. The normalized spacial score (nSPS) is 12.5. The second kappa shape index (κ2) is 12.0. The summed E-state index contributed by atoms with van der Waals surface area (Å²) in [5, 5.41) is 31.4. The van der Waals surface area contributed by atoms with E-state index in [1.54, 1.807) is 34.0 Å². The molecule has 9 heteroatoms. The number of para-hydroxylation sites is 3. The van der Waals surface area contributed by atoms with Crippen LogP contribution < -0.4 is 0 Å². The topological polar surface area (TPSA) is 45.7 Å². The average molecular weight is 889 g/mol. The van der Waals surface area contributed by atoms with Gasteiger partial charge in [0, 0.05) is 81.3 Å². The van der Waals surface area contributed by atoms with Gasteiger partial charge in [-0.25, -0.2) is 9.69 Å². The summed E-state index contributed by atoms with van der Waals surface area (Å²) in [5.74, 6) is 0. The van der Waals surface area contributed by atoms with Crippen LogP contribution in [0.3, 0.4) is 0 Å². The molecule has 0 amide bonds. The maximum atomic E-state index is 11.8. The van der Waals surface area contributed by atoms with Crippen molar-refractivity contribution in [2.24, 2.45) is 0 Å². The molecule has 0 atom stereocenters. The summed E-state index contributed by atoms with van der Waals surface area (Å²) < 4.78 is 7.10. The van der Waals surface area contributed by atoms with Crippen molar-refractivity contribution in [2.45, 2.75) is 0 Å². The molecule has 0 aliphatic rings. The predicted molar refractivity (Wildman–Crippen MR) is 278 cm³/mol. The standard InChI is InChI=1S/C57H24N6S3/c1-59-50-47(28-21-37-31-9-3-6-12-44(31)61-52(37)40(23-28)34-15-18-64-55(34)61)43(27-58)48(29-22-38-32-10-4-7-13-45(32)62-53(38)41(24-29)35-16-19-65-56(35)62)51(60-2)49(50)30-25-39-33-11-5-8-14-46(33)63-54(39)42(26-30)36-17-20-66-57(36)63/h3-26H. The number of nitriles is 1. The zero-order valence-corrected chi connectivity index (χ0v) is 36.7. The summed E-state index contributed by atoms with van der Waals surface area (Å²) in [7, 11) is 0. The fraction of sp³-hybridized carbons (Fsp3) is 0. The minimum atomic E-state index is 0.307. The van der Waals surface area contributed by atoms with Gasteiger partial charge in [0.05, 0.1) is 52.3 Å². The van der Waals surface area contributed by atoms with E-state index < -0.39 is 0 Å². The molecule has 0 bridgehead atoms. The maximum absolute atomic E-state index is 11.8. The van der Waals surface area contributed by atoms with E-state index in [-0.39, 0.29) is 0 Å². The molecule has 7 aromatic carbocycles. The Kier molecular flexibility index (Phi) is 6.35. The molecule has 0 aliphatic heterocycles. The van der Waals surface area contributed by atoms with Crippen molar-refractivity contribution in [3.63, 3.8) is 0 Å². The molecule has 16 aromatic rings. The number of hydrogen-bond acceptors (Lipinski definition) is 4. The molecule has 0 saturated heterocycles. The number of benzene rings is 7. The van der Waals surface area contributed by atoms with Gasteiger partial charge in [0.25, 0.3) is 0 Å². The van der Waals surface area contributed by atoms with Gasteiger partial charge in [-0.1, -0.05) is 54.6 Å². The van der Waals surface area contributed by atoms with Gasteiger partial charge >= 0.3 is 0 Å². The van der Waals surface area contributed by atoms with E-state index in [9.17, 15) is 18.4 Å². The summed E-state index contributed by atoms with van der Waals surface area (Å²) in [6.07, 6.45) is 0. The van der Waals surface area contributed by atoms with Crippen LogP contribution in [0.5, 0.6) is 0 Å². The summed E-state index contributed by atoms with van der Waals surface area (Å²) in [4.78, 5) is 12.4. The van der Waals surface area contributed by atoms with Crippen LogP contribution in [0.15, 0.2) is 144 Å². The highest BCUT2D eigenvalue weighted by molar-refractivity contribution is 7.17. The van der Waals surface area contributed by atoms with Crippen molar-refractivity contribution in [2.75, 3.05) is 0 Å². The first-order valence-corrected chi connectivity index (χ1v) is 24.2. The van der Waals surface area contributed by atoms with E-state index in [1.807, 2.05) is 0 Å². The molecule has 0 spiro atoms. The van der Waals surface area contributed by atoms with Crippen LogP contribution in [0.2, 0.25) is 0 Å². The summed E-state index contributed by atoms with van der Waals surface area (Å²) in [5.41, 5.74) is 11.7. The van der Waals surface area contributed by atoms with Crippen molar-refractivity contribution >= 4 is 158 Å². The highest BCUT2D eigenvalue weighted by Gasteiger charge is 2.31. The number of rotatable bonds is 3.